The van der Waals surface area contributed by atoms with E-state index in [0.29, 0.717) is 22.3 Å². The minimum Gasteiger partial charge on any atom is -0.466 e. The average Bonchev–Trinajstić information content (AvgIpc) is 3.14. The van der Waals surface area contributed by atoms with Gasteiger partial charge in [-0.25, -0.2) is 9.78 Å². The van der Waals surface area contributed by atoms with E-state index in [1.807, 2.05) is 6.07 Å². The number of amides is 1. The fourth-order valence-corrected chi connectivity index (χ4v) is 3.28. The number of nitrogens with zero attached hydrogens (tertiary/aromatic N) is 1. The van der Waals surface area contributed by atoms with Gasteiger partial charge in [0, 0.05) is 5.38 Å². The minimum atomic E-state index is -0.528. The van der Waals surface area contributed by atoms with Gasteiger partial charge in [-0.15, -0.1) is 22.7 Å². The van der Waals surface area contributed by atoms with Crippen LogP contribution in [0.15, 0.2) is 16.8 Å². The Bertz CT molecular complexity index is 738. The van der Waals surface area contributed by atoms with Gasteiger partial charge in [0.15, 0.2) is 11.7 Å². The van der Waals surface area contributed by atoms with Crippen molar-refractivity contribution in [3.63, 3.8) is 0 Å². The quantitative estimate of drug-likeness (QED) is 0.754. The highest BCUT2D eigenvalue weighted by atomic mass is 32.1. The van der Waals surface area contributed by atoms with Gasteiger partial charge < -0.3 is 9.47 Å². The number of hydrogen-bond acceptors (Lipinski definition) is 8. The van der Waals surface area contributed by atoms with Gasteiger partial charge in [0.05, 0.1) is 18.7 Å². The molecule has 0 saturated carbocycles. The number of thiophene rings is 1. The molecule has 0 atom stereocenters. The predicted octanol–water partition coefficient (Wildman–Crippen LogP) is 2.41. The Kier molecular flexibility index (Phi) is 6.44. The summed E-state index contributed by atoms with van der Waals surface area (Å²) in [6.45, 7) is 3.43. The molecule has 2 heterocycles. The molecule has 2 aromatic heterocycles. The van der Waals surface area contributed by atoms with Crippen molar-refractivity contribution < 1.29 is 23.9 Å². The molecular weight excluding hydrogens is 352 g/mol. The fourth-order valence-electron chi connectivity index (χ4n) is 1.74. The first kappa shape index (κ1) is 18.1. The Hall–Kier alpha value is -2.26. The van der Waals surface area contributed by atoms with Crippen LogP contribution in [0, 0.1) is 6.92 Å². The highest BCUT2D eigenvalue weighted by Gasteiger charge is 2.15. The van der Waals surface area contributed by atoms with Gasteiger partial charge in [-0.05, 0) is 30.9 Å². The summed E-state index contributed by atoms with van der Waals surface area (Å²) in [7, 11) is 0. The molecule has 2 rings (SSSR count). The molecule has 0 aliphatic rings. The van der Waals surface area contributed by atoms with E-state index in [1.165, 1.54) is 22.7 Å². The van der Waals surface area contributed by atoms with E-state index in [2.05, 4.69) is 10.3 Å². The molecule has 0 bridgehead atoms. The monoisotopic (exact) mass is 368 g/mol. The smallest absolute Gasteiger partial charge is 0.349 e. The number of thiazole rings is 1. The van der Waals surface area contributed by atoms with Crippen molar-refractivity contribution in [3.05, 3.63) is 33.0 Å². The van der Waals surface area contributed by atoms with Gasteiger partial charge in [-0.1, -0.05) is 0 Å². The second-order valence-corrected chi connectivity index (χ2v) is 6.46. The van der Waals surface area contributed by atoms with Crippen molar-refractivity contribution in [2.75, 3.05) is 18.5 Å². The molecule has 2 aromatic rings. The van der Waals surface area contributed by atoms with E-state index in [0.717, 1.165) is 5.56 Å². The Morgan fingerprint density at radius 1 is 1.25 bits per heavy atom. The zero-order valence-corrected chi connectivity index (χ0v) is 14.8. The number of aromatic nitrogens is 1. The van der Waals surface area contributed by atoms with Crippen LogP contribution in [0.3, 0.4) is 0 Å². The van der Waals surface area contributed by atoms with Crippen LogP contribution in [0.4, 0.5) is 5.13 Å². The molecule has 1 N–H and O–H groups in total. The van der Waals surface area contributed by atoms with E-state index in [4.69, 9.17) is 9.47 Å². The van der Waals surface area contributed by atoms with Crippen LogP contribution in [-0.4, -0.2) is 36.0 Å². The minimum absolute atomic E-state index is 0.0485. The first-order valence-electron chi connectivity index (χ1n) is 7.10. The molecule has 0 fully saturated rings. The van der Waals surface area contributed by atoms with Crippen molar-refractivity contribution in [3.8, 4) is 0 Å². The van der Waals surface area contributed by atoms with Gasteiger partial charge in [-0.2, -0.15) is 0 Å². The van der Waals surface area contributed by atoms with Gasteiger partial charge >= 0.3 is 11.9 Å². The Balaban J connectivity index is 1.80. The molecule has 0 unspecified atom stereocenters. The summed E-state index contributed by atoms with van der Waals surface area (Å²) < 4.78 is 9.79. The largest absolute Gasteiger partial charge is 0.466 e. The molecule has 0 aliphatic carbocycles. The average molecular weight is 368 g/mol. The summed E-state index contributed by atoms with van der Waals surface area (Å²) in [6, 6.07) is 1.81. The molecule has 24 heavy (non-hydrogen) atoms. The van der Waals surface area contributed by atoms with Crippen LogP contribution in [-0.2, 0) is 25.5 Å². The van der Waals surface area contributed by atoms with Crippen molar-refractivity contribution in [1.29, 1.82) is 0 Å². The normalized spacial score (nSPS) is 10.2. The molecule has 128 valence electrons. The number of carbonyl (C=O) groups is 3. The Morgan fingerprint density at radius 3 is 2.71 bits per heavy atom. The molecule has 0 aromatic carbocycles. The number of carbonyl (C=O) groups excluding carboxylic acids is 3. The number of anilines is 1. The zero-order chi connectivity index (χ0) is 17.5. The van der Waals surface area contributed by atoms with E-state index < -0.39 is 18.5 Å². The van der Waals surface area contributed by atoms with E-state index in [1.54, 1.807) is 24.6 Å². The van der Waals surface area contributed by atoms with E-state index >= 15 is 0 Å². The summed E-state index contributed by atoms with van der Waals surface area (Å²) >= 11 is 2.45. The SMILES string of the molecule is CCOC(=O)Cc1csc(NC(=O)COC(=O)c2sccc2C)n1. The van der Waals surface area contributed by atoms with Crippen molar-refractivity contribution in [2.24, 2.45) is 0 Å². The third-order valence-electron chi connectivity index (χ3n) is 2.81. The molecule has 1 amide bonds. The van der Waals surface area contributed by atoms with Crippen LogP contribution < -0.4 is 5.32 Å². The maximum atomic E-state index is 11.8. The van der Waals surface area contributed by atoms with Crippen LogP contribution >= 0.6 is 22.7 Å². The lowest BCUT2D eigenvalue weighted by Gasteiger charge is -2.04. The number of rotatable bonds is 7. The molecule has 0 aliphatic heterocycles. The van der Waals surface area contributed by atoms with Gasteiger partial charge in [0.1, 0.15) is 4.88 Å². The summed E-state index contributed by atoms with van der Waals surface area (Å²) in [5.41, 5.74) is 1.33. The third kappa shape index (κ3) is 5.14. The lowest BCUT2D eigenvalue weighted by molar-refractivity contribution is -0.142. The number of nitrogens with one attached hydrogen (secondary N) is 1. The van der Waals surface area contributed by atoms with Crippen LogP contribution in [0.5, 0.6) is 0 Å². The zero-order valence-electron chi connectivity index (χ0n) is 13.2. The van der Waals surface area contributed by atoms with Gasteiger partial charge in [0.2, 0.25) is 0 Å². The Labute approximate surface area is 146 Å². The lowest BCUT2D eigenvalue weighted by atomic mass is 10.3. The third-order valence-corrected chi connectivity index (χ3v) is 4.61. The van der Waals surface area contributed by atoms with Crippen LogP contribution in [0.1, 0.15) is 27.9 Å². The first-order chi connectivity index (χ1) is 11.5. The first-order valence-corrected chi connectivity index (χ1v) is 8.86. The van der Waals surface area contributed by atoms with Crippen molar-refractivity contribution >= 4 is 45.7 Å². The fraction of sp³-hybridized carbons (Fsp3) is 0.333. The second kappa shape index (κ2) is 8.55. The topological polar surface area (TPSA) is 94.6 Å². The predicted molar refractivity (Wildman–Crippen MR) is 90.4 cm³/mol. The Morgan fingerprint density at radius 2 is 2.04 bits per heavy atom. The summed E-state index contributed by atoms with van der Waals surface area (Å²) in [4.78, 5) is 39.6. The van der Waals surface area contributed by atoms with Crippen LogP contribution in [0.25, 0.3) is 0 Å². The number of ether oxygens (including phenoxy) is 2. The molecule has 0 spiro atoms. The summed E-state index contributed by atoms with van der Waals surface area (Å²) in [5, 5.41) is 6.31. The van der Waals surface area contributed by atoms with E-state index in [9.17, 15) is 14.4 Å². The molecular formula is C15H16N2O5S2. The second-order valence-electron chi connectivity index (χ2n) is 4.68. The molecule has 7 nitrogen and oxygen atoms in total. The van der Waals surface area contributed by atoms with Crippen molar-refractivity contribution in [2.45, 2.75) is 20.3 Å². The highest BCUT2D eigenvalue weighted by Crippen LogP contribution is 2.18. The maximum absolute atomic E-state index is 11.8. The number of hydrogen-bond donors (Lipinski definition) is 1. The highest BCUT2D eigenvalue weighted by molar-refractivity contribution is 7.14. The molecule has 0 saturated heterocycles. The lowest BCUT2D eigenvalue weighted by Crippen LogP contribution is -2.20. The van der Waals surface area contributed by atoms with Crippen LogP contribution in [0.2, 0.25) is 0 Å². The maximum Gasteiger partial charge on any atom is 0.349 e. The standard InChI is InChI=1S/C15H16N2O5S2/c1-3-21-12(19)6-10-8-24-15(16-10)17-11(18)7-22-14(20)13-9(2)4-5-23-13/h4-5,8H,3,6-7H2,1-2H3,(H,16,17,18). The van der Waals surface area contributed by atoms with E-state index in [-0.39, 0.29) is 12.4 Å². The molecule has 9 heteroatoms. The number of aryl methyl sites for hydroxylation is 1. The summed E-state index contributed by atoms with van der Waals surface area (Å²) in [6.07, 6.45) is 0.0485. The van der Waals surface area contributed by atoms with Gasteiger partial charge in [0.25, 0.3) is 5.91 Å². The number of esters is 2. The summed E-state index contributed by atoms with van der Waals surface area (Å²) in [5.74, 6) is -1.39. The van der Waals surface area contributed by atoms with Crippen molar-refractivity contribution in [1.82, 2.24) is 4.98 Å². The molecule has 0 radical (unpaired) electrons. The van der Waals surface area contributed by atoms with Gasteiger partial charge in [-0.3, -0.25) is 14.9 Å².